The lowest BCUT2D eigenvalue weighted by molar-refractivity contribution is 0.0822. The van der Waals surface area contributed by atoms with E-state index >= 15 is 0 Å². The Morgan fingerprint density at radius 2 is 2.06 bits per heavy atom. The molecule has 0 unspecified atom stereocenters. The zero-order chi connectivity index (χ0) is 12.3. The Morgan fingerprint density at radius 3 is 2.76 bits per heavy atom. The summed E-state index contributed by atoms with van der Waals surface area (Å²) in [7, 11) is 0. The first-order valence-corrected chi connectivity index (χ1v) is 5.20. The number of nitrogens with zero attached hydrogens (tertiary/aromatic N) is 1. The number of rotatable bonds is 4. The van der Waals surface area contributed by atoms with Crippen LogP contribution in [-0.2, 0) is 6.54 Å². The topological polar surface area (TPSA) is 48.1 Å². The smallest absolute Gasteiger partial charge is 0.272 e. The minimum absolute atomic E-state index is 0.205. The molecule has 1 aromatic heterocycles. The minimum Gasteiger partial charge on any atom is -0.487 e. The fourth-order valence-corrected chi connectivity index (χ4v) is 1.62. The third kappa shape index (κ3) is 2.50. The van der Waals surface area contributed by atoms with Crippen LogP contribution in [0, 0.1) is 0 Å². The molecule has 2 aromatic rings. The molecular weight excluding hydrogens is 226 g/mol. The molecule has 0 amide bonds. The molecule has 0 radical (unpaired) electrons. The van der Waals surface area contributed by atoms with Gasteiger partial charge in [-0.2, -0.15) is 0 Å². The highest BCUT2D eigenvalue weighted by molar-refractivity contribution is 5.86. The SMILES string of the molecule is NCc1cnc2ccccc2c1OCC(F)F. The highest BCUT2D eigenvalue weighted by Crippen LogP contribution is 2.28. The van der Waals surface area contributed by atoms with E-state index in [0.717, 1.165) is 0 Å². The number of aromatic nitrogens is 1. The van der Waals surface area contributed by atoms with Crippen molar-refractivity contribution in [1.29, 1.82) is 0 Å². The maximum atomic E-state index is 12.2. The molecule has 0 aliphatic carbocycles. The van der Waals surface area contributed by atoms with Gasteiger partial charge in [0.05, 0.1) is 5.52 Å². The van der Waals surface area contributed by atoms with Gasteiger partial charge in [-0.15, -0.1) is 0 Å². The van der Waals surface area contributed by atoms with Gasteiger partial charge in [0, 0.05) is 23.7 Å². The van der Waals surface area contributed by atoms with Gasteiger partial charge in [-0.25, -0.2) is 8.78 Å². The summed E-state index contributed by atoms with van der Waals surface area (Å²) < 4.78 is 29.5. The van der Waals surface area contributed by atoms with Crippen LogP contribution in [0.4, 0.5) is 8.78 Å². The Bertz CT molecular complexity index is 517. The average molecular weight is 238 g/mol. The maximum absolute atomic E-state index is 12.2. The van der Waals surface area contributed by atoms with Crippen molar-refractivity contribution in [3.05, 3.63) is 36.0 Å². The van der Waals surface area contributed by atoms with E-state index < -0.39 is 13.0 Å². The molecule has 2 N–H and O–H groups in total. The number of halogens is 2. The van der Waals surface area contributed by atoms with E-state index in [-0.39, 0.29) is 6.54 Å². The molecule has 90 valence electrons. The first kappa shape index (κ1) is 11.7. The summed E-state index contributed by atoms with van der Waals surface area (Å²) in [6, 6.07) is 7.21. The molecule has 2 rings (SSSR count). The Balaban J connectivity index is 2.47. The van der Waals surface area contributed by atoms with Gasteiger partial charge in [0.15, 0.2) is 0 Å². The number of alkyl halides is 2. The number of hydrogen-bond acceptors (Lipinski definition) is 3. The molecule has 0 atom stereocenters. The molecule has 0 saturated heterocycles. The van der Waals surface area contributed by atoms with Gasteiger partial charge in [0.25, 0.3) is 6.43 Å². The lowest BCUT2D eigenvalue weighted by Crippen LogP contribution is -2.10. The summed E-state index contributed by atoms with van der Waals surface area (Å²) in [5.74, 6) is 0.401. The number of hydrogen-bond donors (Lipinski definition) is 1. The highest BCUT2D eigenvalue weighted by atomic mass is 19.3. The van der Waals surface area contributed by atoms with Crippen molar-refractivity contribution in [2.45, 2.75) is 13.0 Å². The van der Waals surface area contributed by atoms with E-state index in [2.05, 4.69) is 4.98 Å². The minimum atomic E-state index is -2.51. The predicted octanol–water partition coefficient (Wildman–Crippen LogP) is 2.34. The molecule has 0 aliphatic heterocycles. The number of fused-ring (bicyclic) bond motifs is 1. The lowest BCUT2D eigenvalue weighted by Gasteiger charge is -2.12. The third-order valence-corrected chi connectivity index (χ3v) is 2.37. The second-order valence-corrected chi connectivity index (χ2v) is 3.54. The van der Waals surface area contributed by atoms with Gasteiger partial charge in [0.2, 0.25) is 0 Å². The van der Waals surface area contributed by atoms with Gasteiger partial charge in [0.1, 0.15) is 12.4 Å². The molecule has 0 saturated carbocycles. The molecule has 1 aromatic carbocycles. The van der Waals surface area contributed by atoms with Crippen molar-refractivity contribution in [3.63, 3.8) is 0 Å². The predicted molar refractivity (Wildman–Crippen MR) is 61.1 cm³/mol. The summed E-state index contributed by atoms with van der Waals surface area (Å²) in [4.78, 5) is 4.19. The van der Waals surface area contributed by atoms with Crippen molar-refractivity contribution in [2.75, 3.05) is 6.61 Å². The van der Waals surface area contributed by atoms with E-state index in [1.54, 1.807) is 24.4 Å². The van der Waals surface area contributed by atoms with Gasteiger partial charge >= 0.3 is 0 Å². The second kappa shape index (κ2) is 5.05. The summed E-state index contributed by atoms with van der Waals surface area (Å²) in [5.41, 5.74) is 6.87. The lowest BCUT2D eigenvalue weighted by atomic mass is 10.1. The zero-order valence-corrected chi connectivity index (χ0v) is 9.07. The largest absolute Gasteiger partial charge is 0.487 e. The van der Waals surface area contributed by atoms with Crippen LogP contribution < -0.4 is 10.5 Å². The standard InChI is InChI=1S/C12H12F2N2O/c13-11(14)7-17-12-8(5-15)6-16-10-4-2-1-3-9(10)12/h1-4,6,11H,5,7,15H2. The normalized spacial score (nSPS) is 11.1. The van der Waals surface area contributed by atoms with Crippen LogP contribution in [0.1, 0.15) is 5.56 Å². The van der Waals surface area contributed by atoms with Crippen LogP contribution in [-0.4, -0.2) is 18.0 Å². The molecule has 0 fully saturated rings. The number of nitrogens with two attached hydrogens (primary N) is 1. The van der Waals surface area contributed by atoms with E-state index in [4.69, 9.17) is 10.5 Å². The molecule has 0 aliphatic rings. The van der Waals surface area contributed by atoms with Crippen LogP contribution in [0.2, 0.25) is 0 Å². The average Bonchev–Trinajstić information content (AvgIpc) is 2.35. The molecule has 5 heteroatoms. The van der Waals surface area contributed by atoms with Gasteiger partial charge < -0.3 is 10.5 Å². The Morgan fingerprint density at radius 1 is 1.29 bits per heavy atom. The number of ether oxygens (including phenoxy) is 1. The van der Waals surface area contributed by atoms with Gasteiger partial charge in [-0.3, -0.25) is 4.98 Å². The summed E-state index contributed by atoms with van der Waals surface area (Å²) in [6.45, 7) is -0.433. The third-order valence-electron chi connectivity index (χ3n) is 2.37. The number of benzene rings is 1. The summed E-state index contributed by atoms with van der Waals surface area (Å²) in [6.07, 6.45) is -0.948. The molecule has 17 heavy (non-hydrogen) atoms. The molecule has 3 nitrogen and oxygen atoms in total. The Kier molecular flexibility index (Phi) is 3.49. The quantitative estimate of drug-likeness (QED) is 0.889. The van der Waals surface area contributed by atoms with E-state index in [1.165, 1.54) is 0 Å². The summed E-state index contributed by atoms with van der Waals surface area (Å²) in [5, 5.41) is 0.705. The van der Waals surface area contributed by atoms with Crippen molar-refractivity contribution in [3.8, 4) is 5.75 Å². The van der Waals surface area contributed by atoms with Crippen LogP contribution in [0.3, 0.4) is 0 Å². The highest BCUT2D eigenvalue weighted by Gasteiger charge is 2.11. The first-order chi connectivity index (χ1) is 8.22. The van der Waals surface area contributed by atoms with Crippen LogP contribution in [0.15, 0.2) is 30.5 Å². The Labute approximate surface area is 97.2 Å². The monoisotopic (exact) mass is 238 g/mol. The van der Waals surface area contributed by atoms with Gasteiger partial charge in [-0.05, 0) is 12.1 Å². The van der Waals surface area contributed by atoms with E-state index in [9.17, 15) is 8.78 Å². The fraction of sp³-hybridized carbons (Fsp3) is 0.250. The first-order valence-electron chi connectivity index (χ1n) is 5.20. The van der Waals surface area contributed by atoms with Crippen LogP contribution in [0.25, 0.3) is 10.9 Å². The van der Waals surface area contributed by atoms with Crippen LogP contribution >= 0.6 is 0 Å². The second-order valence-electron chi connectivity index (χ2n) is 3.54. The summed E-state index contributed by atoms with van der Waals surface area (Å²) >= 11 is 0. The molecule has 0 bridgehead atoms. The Hall–Kier alpha value is -1.75. The molecular formula is C12H12F2N2O. The number of pyridine rings is 1. The van der Waals surface area contributed by atoms with Crippen molar-refractivity contribution < 1.29 is 13.5 Å². The van der Waals surface area contributed by atoms with Crippen molar-refractivity contribution in [1.82, 2.24) is 4.98 Å². The maximum Gasteiger partial charge on any atom is 0.272 e. The van der Waals surface area contributed by atoms with E-state index in [0.29, 0.717) is 22.2 Å². The molecule has 0 spiro atoms. The van der Waals surface area contributed by atoms with Gasteiger partial charge in [-0.1, -0.05) is 12.1 Å². The van der Waals surface area contributed by atoms with Crippen molar-refractivity contribution >= 4 is 10.9 Å². The van der Waals surface area contributed by atoms with Crippen LogP contribution in [0.5, 0.6) is 5.75 Å². The number of para-hydroxylation sites is 1. The van der Waals surface area contributed by atoms with Crippen molar-refractivity contribution in [2.24, 2.45) is 5.73 Å². The fourth-order valence-electron chi connectivity index (χ4n) is 1.62. The van der Waals surface area contributed by atoms with E-state index in [1.807, 2.05) is 6.07 Å². The molecule has 1 heterocycles. The zero-order valence-electron chi connectivity index (χ0n) is 9.07.